The van der Waals surface area contributed by atoms with E-state index in [0.29, 0.717) is 24.2 Å². The zero-order valence-corrected chi connectivity index (χ0v) is 13.0. The molecule has 18 heavy (non-hydrogen) atoms. The Morgan fingerprint density at radius 3 is 2.44 bits per heavy atom. The van der Waals surface area contributed by atoms with Gasteiger partial charge in [-0.25, -0.2) is 8.42 Å². The lowest BCUT2D eigenvalue weighted by molar-refractivity contribution is 0.0764. The van der Waals surface area contributed by atoms with Crippen LogP contribution in [-0.4, -0.2) is 32.3 Å². The van der Waals surface area contributed by atoms with Crippen LogP contribution in [0.2, 0.25) is 0 Å². The quantitative estimate of drug-likeness (QED) is 0.786. The Hall–Kier alpha value is -0.590. The third kappa shape index (κ3) is 3.24. The van der Waals surface area contributed by atoms with E-state index >= 15 is 0 Å². The average Bonchev–Trinajstić information content (AvgIpc) is 2.66. The minimum Gasteiger partial charge on any atom is -0.339 e. The summed E-state index contributed by atoms with van der Waals surface area (Å²) in [5.74, 6) is -0.139. The number of hydrogen-bond donors (Lipinski definition) is 0. The van der Waals surface area contributed by atoms with Crippen molar-refractivity contribution >= 4 is 37.0 Å². The van der Waals surface area contributed by atoms with Crippen LogP contribution in [0.5, 0.6) is 0 Å². The summed E-state index contributed by atoms with van der Waals surface area (Å²) in [7, 11) is 1.54. The van der Waals surface area contributed by atoms with Gasteiger partial charge < -0.3 is 4.90 Å². The van der Waals surface area contributed by atoms with E-state index in [2.05, 4.69) is 0 Å². The molecule has 0 aliphatic heterocycles. The third-order valence-corrected chi connectivity index (χ3v) is 5.92. The SMILES string of the molecule is CCCN(CC)C(=O)c1csc(S(=O)(=O)Cl)c1C. The zero-order chi connectivity index (χ0) is 13.9. The molecule has 1 heterocycles. The maximum atomic E-state index is 12.2. The standard InChI is InChI=1S/C11H16ClNO3S2/c1-4-6-13(5-2)10(14)9-7-17-11(8(9)3)18(12,15)16/h7H,4-6H2,1-3H3. The fourth-order valence-electron chi connectivity index (χ4n) is 1.69. The highest BCUT2D eigenvalue weighted by Gasteiger charge is 2.24. The van der Waals surface area contributed by atoms with Crippen LogP contribution in [0.25, 0.3) is 0 Å². The van der Waals surface area contributed by atoms with E-state index in [4.69, 9.17) is 10.7 Å². The van der Waals surface area contributed by atoms with Crippen molar-refractivity contribution in [2.75, 3.05) is 13.1 Å². The number of thiophene rings is 1. The van der Waals surface area contributed by atoms with E-state index in [1.165, 1.54) is 0 Å². The molecule has 0 radical (unpaired) electrons. The Balaban J connectivity index is 3.12. The molecule has 1 amide bonds. The molecule has 0 aliphatic rings. The first kappa shape index (κ1) is 15.5. The lowest BCUT2D eigenvalue weighted by atomic mass is 10.2. The van der Waals surface area contributed by atoms with E-state index in [1.807, 2.05) is 13.8 Å². The highest BCUT2D eigenvalue weighted by atomic mass is 35.7. The van der Waals surface area contributed by atoms with Gasteiger partial charge in [0.15, 0.2) is 0 Å². The predicted octanol–water partition coefficient (Wildman–Crippen LogP) is 2.86. The van der Waals surface area contributed by atoms with Gasteiger partial charge in [-0.05, 0) is 25.8 Å². The van der Waals surface area contributed by atoms with Crippen LogP contribution in [-0.2, 0) is 9.05 Å². The highest BCUT2D eigenvalue weighted by Crippen LogP contribution is 2.30. The van der Waals surface area contributed by atoms with Crippen LogP contribution in [0.15, 0.2) is 9.59 Å². The second-order valence-electron chi connectivity index (χ2n) is 3.88. The van der Waals surface area contributed by atoms with Crippen molar-refractivity contribution in [3.05, 3.63) is 16.5 Å². The summed E-state index contributed by atoms with van der Waals surface area (Å²) < 4.78 is 22.7. The van der Waals surface area contributed by atoms with Gasteiger partial charge in [0.2, 0.25) is 0 Å². The largest absolute Gasteiger partial charge is 0.339 e. The molecule has 0 N–H and O–H groups in total. The Labute approximate surface area is 116 Å². The van der Waals surface area contributed by atoms with Crippen LogP contribution < -0.4 is 0 Å². The van der Waals surface area contributed by atoms with Crippen LogP contribution in [0.3, 0.4) is 0 Å². The molecule has 0 aromatic carbocycles. The summed E-state index contributed by atoms with van der Waals surface area (Å²) in [6.07, 6.45) is 0.865. The smallest absolute Gasteiger partial charge is 0.271 e. The van der Waals surface area contributed by atoms with Crippen molar-refractivity contribution in [1.82, 2.24) is 4.90 Å². The predicted molar refractivity (Wildman–Crippen MR) is 74.0 cm³/mol. The Kier molecular flexibility index (Phi) is 5.19. The monoisotopic (exact) mass is 309 g/mol. The van der Waals surface area contributed by atoms with Gasteiger partial charge in [0.25, 0.3) is 15.0 Å². The molecule has 0 saturated carbocycles. The Morgan fingerprint density at radius 1 is 1.44 bits per heavy atom. The van der Waals surface area contributed by atoms with Crippen molar-refractivity contribution in [2.24, 2.45) is 0 Å². The third-order valence-electron chi connectivity index (χ3n) is 2.61. The van der Waals surface area contributed by atoms with E-state index in [1.54, 1.807) is 17.2 Å². The number of halogens is 1. The molecule has 1 aromatic rings. The summed E-state index contributed by atoms with van der Waals surface area (Å²) >= 11 is 0.990. The van der Waals surface area contributed by atoms with Crippen molar-refractivity contribution in [1.29, 1.82) is 0 Å². The summed E-state index contributed by atoms with van der Waals surface area (Å²) in [4.78, 5) is 13.9. The molecule has 0 fully saturated rings. The number of amides is 1. The molecule has 0 atom stereocenters. The molecule has 1 aromatic heterocycles. The number of rotatable bonds is 5. The van der Waals surface area contributed by atoms with Gasteiger partial charge in [0.05, 0.1) is 5.56 Å². The molecule has 0 unspecified atom stereocenters. The minimum absolute atomic E-state index is 0.0556. The van der Waals surface area contributed by atoms with Gasteiger partial charge in [-0.1, -0.05) is 6.92 Å². The van der Waals surface area contributed by atoms with Crippen molar-refractivity contribution in [2.45, 2.75) is 31.4 Å². The van der Waals surface area contributed by atoms with Crippen molar-refractivity contribution in [3.63, 3.8) is 0 Å². The molecular formula is C11H16ClNO3S2. The van der Waals surface area contributed by atoms with Crippen LogP contribution in [0.1, 0.15) is 36.2 Å². The Bertz CT molecular complexity index is 536. The zero-order valence-electron chi connectivity index (χ0n) is 10.6. The van der Waals surface area contributed by atoms with Crippen molar-refractivity contribution in [3.8, 4) is 0 Å². The van der Waals surface area contributed by atoms with Gasteiger partial charge >= 0.3 is 0 Å². The highest BCUT2D eigenvalue weighted by molar-refractivity contribution is 8.15. The van der Waals surface area contributed by atoms with Gasteiger partial charge in [-0.15, -0.1) is 11.3 Å². The van der Waals surface area contributed by atoms with E-state index < -0.39 is 9.05 Å². The molecule has 0 saturated heterocycles. The second-order valence-corrected chi connectivity index (χ2v) is 7.53. The summed E-state index contributed by atoms with van der Waals surface area (Å²) in [6, 6.07) is 0. The maximum absolute atomic E-state index is 12.2. The van der Waals surface area contributed by atoms with E-state index in [9.17, 15) is 13.2 Å². The first-order valence-electron chi connectivity index (χ1n) is 5.64. The first-order chi connectivity index (χ1) is 8.32. The average molecular weight is 310 g/mol. The van der Waals surface area contributed by atoms with Gasteiger partial charge in [-0.3, -0.25) is 4.79 Å². The summed E-state index contributed by atoms with van der Waals surface area (Å²) in [5, 5.41) is 1.56. The maximum Gasteiger partial charge on any atom is 0.271 e. The molecule has 0 aliphatic carbocycles. The molecule has 4 nitrogen and oxygen atoms in total. The normalized spacial score (nSPS) is 11.6. The lowest BCUT2D eigenvalue weighted by Gasteiger charge is -2.19. The molecule has 1 rings (SSSR count). The number of hydrogen-bond acceptors (Lipinski definition) is 4. The first-order valence-corrected chi connectivity index (χ1v) is 8.83. The van der Waals surface area contributed by atoms with E-state index in [-0.39, 0.29) is 10.1 Å². The van der Waals surface area contributed by atoms with Crippen molar-refractivity contribution < 1.29 is 13.2 Å². The minimum atomic E-state index is -3.77. The van der Waals surface area contributed by atoms with E-state index in [0.717, 1.165) is 17.8 Å². The fourth-order valence-corrected chi connectivity index (χ4v) is 4.24. The summed E-state index contributed by atoms with van der Waals surface area (Å²) in [6.45, 7) is 6.76. The molecule has 7 heteroatoms. The lowest BCUT2D eigenvalue weighted by Crippen LogP contribution is -2.31. The Morgan fingerprint density at radius 2 is 2.06 bits per heavy atom. The summed E-state index contributed by atoms with van der Waals surface area (Å²) in [5.41, 5.74) is 0.865. The van der Waals surface area contributed by atoms with Gasteiger partial charge in [0, 0.05) is 29.2 Å². The van der Waals surface area contributed by atoms with Crippen LogP contribution >= 0.6 is 22.0 Å². The second kappa shape index (κ2) is 6.04. The van der Waals surface area contributed by atoms with Crippen LogP contribution in [0.4, 0.5) is 0 Å². The number of carbonyl (C=O) groups is 1. The fraction of sp³-hybridized carbons (Fsp3) is 0.545. The molecule has 0 bridgehead atoms. The molecule has 0 spiro atoms. The molecular weight excluding hydrogens is 294 g/mol. The number of nitrogens with zero attached hydrogens (tertiary/aromatic N) is 1. The molecule has 102 valence electrons. The van der Waals surface area contributed by atoms with Gasteiger partial charge in [0.1, 0.15) is 4.21 Å². The number of carbonyl (C=O) groups excluding carboxylic acids is 1. The topological polar surface area (TPSA) is 54.5 Å². The van der Waals surface area contributed by atoms with Crippen LogP contribution in [0, 0.1) is 6.92 Å². The van der Waals surface area contributed by atoms with Gasteiger partial charge in [-0.2, -0.15) is 0 Å².